The van der Waals surface area contributed by atoms with Gasteiger partial charge in [0.15, 0.2) is 0 Å². The fourth-order valence-corrected chi connectivity index (χ4v) is 5.25. The Morgan fingerprint density at radius 1 is 1.14 bits per heavy atom. The average molecular weight is 505 g/mol. The first-order valence-corrected chi connectivity index (χ1v) is 12.6. The highest BCUT2D eigenvalue weighted by Gasteiger charge is 2.49. The molecule has 6 nitrogen and oxygen atoms in total. The molecule has 2 aromatic carbocycles. The maximum atomic E-state index is 13.9. The number of hydrogen-bond acceptors (Lipinski definition) is 4. The molecule has 2 aromatic heterocycles. The number of aryl methyl sites for hydroxylation is 2. The fourth-order valence-electron chi connectivity index (χ4n) is 4.41. The van der Waals surface area contributed by atoms with Crippen molar-refractivity contribution in [2.75, 3.05) is 4.90 Å². The molecule has 35 heavy (non-hydrogen) atoms. The van der Waals surface area contributed by atoms with Gasteiger partial charge >= 0.3 is 0 Å². The van der Waals surface area contributed by atoms with Gasteiger partial charge in [-0.2, -0.15) is 5.10 Å². The number of rotatable bonds is 5. The number of hydrogen-bond donors (Lipinski definition) is 1. The minimum atomic E-state index is -1.22. The number of aromatic nitrogens is 2. The summed E-state index contributed by atoms with van der Waals surface area (Å²) in [6.07, 6.45) is 0. The van der Waals surface area contributed by atoms with Gasteiger partial charge in [-0.15, -0.1) is 11.3 Å². The van der Waals surface area contributed by atoms with Crippen LogP contribution in [-0.2, 0) is 17.9 Å². The van der Waals surface area contributed by atoms with E-state index in [1.165, 1.54) is 0 Å². The van der Waals surface area contributed by atoms with Crippen LogP contribution in [0.2, 0.25) is 5.02 Å². The second-order valence-corrected chi connectivity index (χ2v) is 10.4. The largest absolute Gasteiger partial charge is 0.350 e. The van der Waals surface area contributed by atoms with Crippen LogP contribution in [-0.4, -0.2) is 27.1 Å². The van der Waals surface area contributed by atoms with Gasteiger partial charge in [-0.1, -0.05) is 53.6 Å². The maximum absolute atomic E-state index is 13.9. The molecular formula is C27H25ClN4O2S. The Kier molecular flexibility index (Phi) is 5.99. The van der Waals surface area contributed by atoms with Gasteiger partial charge in [0.05, 0.1) is 11.4 Å². The summed E-state index contributed by atoms with van der Waals surface area (Å²) in [5, 5.41) is 10.2. The number of benzene rings is 2. The van der Waals surface area contributed by atoms with Crippen molar-refractivity contribution in [1.82, 2.24) is 15.1 Å². The molecule has 0 aliphatic carbocycles. The van der Waals surface area contributed by atoms with Crippen LogP contribution in [0.25, 0.3) is 10.6 Å². The Hall–Kier alpha value is -3.42. The molecule has 1 N–H and O–H groups in total. The Bertz CT molecular complexity index is 1410. The molecule has 0 unspecified atom stereocenters. The Morgan fingerprint density at radius 2 is 1.91 bits per heavy atom. The van der Waals surface area contributed by atoms with Gasteiger partial charge in [0.25, 0.3) is 5.91 Å². The summed E-state index contributed by atoms with van der Waals surface area (Å²) >= 11 is 7.89. The van der Waals surface area contributed by atoms with Gasteiger partial charge < -0.3 is 5.32 Å². The topological polar surface area (TPSA) is 67.2 Å². The molecular weight excluding hydrogens is 480 g/mol. The van der Waals surface area contributed by atoms with E-state index in [9.17, 15) is 9.59 Å². The van der Waals surface area contributed by atoms with E-state index >= 15 is 0 Å². The molecule has 178 valence electrons. The summed E-state index contributed by atoms with van der Waals surface area (Å²) in [5.74, 6) is -0.547. The fraction of sp³-hybridized carbons (Fsp3) is 0.222. The number of anilines is 1. The van der Waals surface area contributed by atoms with E-state index in [-0.39, 0.29) is 18.4 Å². The normalized spacial score (nSPS) is 17.4. The average Bonchev–Trinajstić information content (AvgIpc) is 3.51. The smallest absolute Gasteiger partial charge is 0.277 e. The second kappa shape index (κ2) is 8.98. The molecule has 0 bridgehead atoms. The van der Waals surface area contributed by atoms with Crippen molar-refractivity contribution in [1.29, 1.82) is 0 Å². The SMILES string of the molecule is Cc1ccc(CNC(=O)[C@@]2(C)Cn3nc(-c4cccs4)cc3C(=O)N2c2cc(Cl)ccc2C)cc1. The molecule has 0 radical (unpaired) electrons. The molecule has 0 saturated carbocycles. The lowest BCUT2D eigenvalue weighted by molar-refractivity contribution is -0.126. The predicted molar refractivity (Wildman–Crippen MR) is 140 cm³/mol. The highest BCUT2D eigenvalue weighted by molar-refractivity contribution is 7.13. The van der Waals surface area contributed by atoms with E-state index in [2.05, 4.69) is 5.32 Å². The number of amides is 2. The molecule has 0 fully saturated rings. The van der Waals surface area contributed by atoms with Gasteiger partial charge in [-0.25, -0.2) is 0 Å². The van der Waals surface area contributed by atoms with Gasteiger partial charge in [0.2, 0.25) is 5.91 Å². The Morgan fingerprint density at radius 3 is 2.63 bits per heavy atom. The van der Waals surface area contributed by atoms with E-state index in [4.69, 9.17) is 16.7 Å². The first-order valence-electron chi connectivity index (χ1n) is 11.3. The van der Waals surface area contributed by atoms with Crippen LogP contribution in [0.4, 0.5) is 5.69 Å². The predicted octanol–water partition coefficient (Wildman–Crippen LogP) is 5.62. The van der Waals surface area contributed by atoms with Crippen LogP contribution in [0.1, 0.15) is 34.1 Å². The quantitative estimate of drug-likeness (QED) is 0.383. The summed E-state index contributed by atoms with van der Waals surface area (Å²) in [5.41, 5.74) is 3.54. The minimum absolute atomic E-state index is 0.213. The van der Waals surface area contributed by atoms with Crippen LogP contribution < -0.4 is 10.2 Å². The summed E-state index contributed by atoms with van der Waals surface area (Å²) in [4.78, 5) is 30.2. The lowest BCUT2D eigenvalue weighted by Gasteiger charge is -2.43. The summed E-state index contributed by atoms with van der Waals surface area (Å²) in [6, 6.07) is 19.1. The molecule has 5 rings (SSSR count). The molecule has 3 heterocycles. The number of nitrogens with one attached hydrogen (secondary N) is 1. The van der Waals surface area contributed by atoms with Crippen molar-refractivity contribution >= 4 is 40.4 Å². The van der Waals surface area contributed by atoms with Crippen LogP contribution >= 0.6 is 22.9 Å². The number of halogens is 1. The molecule has 1 aliphatic rings. The second-order valence-electron chi connectivity index (χ2n) is 9.06. The number of fused-ring (bicyclic) bond motifs is 1. The third-order valence-corrected chi connectivity index (χ3v) is 7.53. The van der Waals surface area contributed by atoms with Crippen LogP contribution in [0, 0.1) is 13.8 Å². The third-order valence-electron chi connectivity index (χ3n) is 6.40. The molecule has 4 aromatic rings. The summed E-state index contributed by atoms with van der Waals surface area (Å²) < 4.78 is 1.65. The van der Waals surface area contributed by atoms with Gasteiger partial charge in [0, 0.05) is 17.3 Å². The maximum Gasteiger partial charge on any atom is 0.277 e. The third kappa shape index (κ3) is 4.26. The van der Waals surface area contributed by atoms with Crippen LogP contribution in [0.3, 0.4) is 0 Å². The van der Waals surface area contributed by atoms with Gasteiger partial charge in [0.1, 0.15) is 16.9 Å². The number of carbonyl (C=O) groups excluding carboxylic acids is 2. The van der Waals surface area contributed by atoms with Crippen molar-refractivity contribution in [3.05, 3.63) is 93.5 Å². The first-order chi connectivity index (χ1) is 16.8. The standard InChI is InChI=1S/C27H25ClN4O2S/c1-17-6-9-19(10-7-17)15-29-26(34)27(3)16-31-23(14-21(30-31)24-5-4-12-35-24)25(33)32(27)22-13-20(28)11-8-18(22)2/h4-14H,15-16H2,1-3H3,(H,29,34)/t27-/m1/s1. The Labute approximate surface area is 213 Å². The monoisotopic (exact) mass is 504 g/mol. The van der Waals surface area contributed by atoms with Crippen molar-refractivity contribution in [2.45, 2.75) is 39.4 Å². The number of carbonyl (C=O) groups is 2. The zero-order chi connectivity index (χ0) is 24.7. The molecule has 1 aliphatic heterocycles. The van der Waals surface area contributed by atoms with Gasteiger partial charge in [-0.3, -0.25) is 19.2 Å². The molecule has 2 amide bonds. The van der Waals surface area contributed by atoms with E-state index in [0.717, 1.165) is 27.3 Å². The highest BCUT2D eigenvalue weighted by Crippen LogP contribution is 2.37. The molecule has 0 spiro atoms. The Balaban J connectivity index is 1.56. The van der Waals surface area contributed by atoms with Crippen LogP contribution in [0.5, 0.6) is 0 Å². The summed E-state index contributed by atoms with van der Waals surface area (Å²) in [6.45, 7) is 6.29. The van der Waals surface area contributed by atoms with E-state index in [1.807, 2.05) is 61.7 Å². The zero-order valence-corrected chi connectivity index (χ0v) is 21.3. The lowest BCUT2D eigenvalue weighted by Crippen LogP contribution is -2.64. The number of thiophene rings is 1. The van der Waals surface area contributed by atoms with Crippen molar-refractivity contribution in [3.63, 3.8) is 0 Å². The first kappa shape index (κ1) is 23.3. The van der Waals surface area contributed by atoms with Crippen molar-refractivity contribution in [2.24, 2.45) is 0 Å². The molecule has 1 atom stereocenters. The van der Waals surface area contributed by atoms with Crippen molar-refractivity contribution in [3.8, 4) is 10.6 Å². The highest BCUT2D eigenvalue weighted by atomic mass is 35.5. The van der Waals surface area contributed by atoms with Crippen LogP contribution in [0.15, 0.2) is 66.0 Å². The molecule has 0 saturated heterocycles. The van der Waals surface area contributed by atoms with E-state index < -0.39 is 5.54 Å². The van der Waals surface area contributed by atoms with Crippen molar-refractivity contribution < 1.29 is 9.59 Å². The van der Waals surface area contributed by atoms with E-state index in [0.29, 0.717) is 22.9 Å². The zero-order valence-electron chi connectivity index (χ0n) is 19.7. The number of nitrogens with zero attached hydrogens (tertiary/aromatic N) is 3. The van der Waals surface area contributed by atoms with E-state index in [1.54, 1.807) is 46.0 Å². The lowest BCUT2D eigenvalue weighted by atomic mass is 9.93. The van der Waals surface area contributed by atoms with Gasteiger partial charge in [-0.05, 0) is 61.5 Å². The minimum Gasteiger partial charge on any atom is -0.350 e. The summed E-state index contributed by atoms with van der Waals surface area (Å²) in [7, 11) is 0. The molecule has 8 heteroatoms.